The lowest BCUT2D eigenvalue weighted by Gasteiger charge is -2.12. The number of carbonyl (C=O) groups is 1. The highest BCUT2D eigenvalue weighted by molar-refractivity contribution is 14.0. The third-order valence-electron chi connectivity index (χ3n) is 3.38. The second-order valence-corrected chi connectivity index (χ2v) is 5.99. The molecule has 0 saturated heterocycles. The minimum Gasteiger partial charge on any atom is -0.357 e. The Morgan fingerprint density at radius 2 is 1.81 bits per heavy atom. The van der Waals surface area contributed by atoms with Crippen LogP contribution in [-0.4, -0.2) is 18.4 Å². The van der Waals surface area contributed by atoms with Gasteiger partial charge in [-0.05, 0) is 42.3 Å². The van der Waals surface area contributed by atoms with Crippen molar-refractivity contribution in [2.45, 2.75) is 26.9 Å². The molecule has 0 fully saturated rings. The largest absolute Gasteiger partial charge is 0.357 e. The molecule has 0 bridgehead atoms. The van der Waals surface area contributed by atoms with Crippen molar-refractivity contribution in [3.8, 4) is 0 Å². The highest BCUT2D eigenvalue weighted by atomic mass is 127. The molecule has 0 spiro atoms. The maximum atomic E-state index is 11.1. The number of benzene rings is 2. The summed E-state index contributed by atoms with van der Waals surface area (Å²) < 4.78 is 0. The first-order chi connectivity index (χ1) is 12.1. The van der Waals surface area contributed by atoms with Gasteiger partial charge in [0.2, 0.25) is 5.91 Å². The zero-order chi connectivity index (χ0) is 18.1. The summed E-state index contributed by atoms with van der Waals surface area (Å²) in [6, 6.07) is 15.4. The van der Waals surface area contributed by atoms with Crippen LogP contribution in [0.3, 0.4) is 0 Å². The monoisotopic (exact) mass is 486 g/mol. The fourth-order valence-corrected chi connectivity index (χ4v) is 2.38. The number of rotatable bonds is 6. The van der Waals surface area contributed by atoms with Gasteiger partial charge in [-0.3, -0.25) is 4.79 Å². The second kappa shape index (κ2) is 11.7. The predicted molar refractivity (Wildman–Crippen MR) is 119 cm³/mol. The van der Waals surface area contributed by atoms with Crippen molar-refractivity contribution in [2.75, 3.05) is 11.9 Å². The number of nitrogens with zero attached hydrogens (tertiary/aromatic N) is 1. The van der Waals surface area contributed by atoms with E-state index in [4.69, 9.17) is 11.6 Å². The normalized spacial score (nSPS) is 10.7. The first kappa shape index (κ1) is 22.2. The van der Waals surface area contributed by atoms with E-state index in [1.54, 1.807) is 0 Å². The Labute approximate surface area is 176 Å². The SMILES string of the molecule is CCNC(=NCc1cccc(NC(C)=O)c1)NCc1ccc(Cl)cc1.I. The van der Waals surface area contributed by atoms with E-state index >= 15 is 0 Å². The molecule has 0 heterocycles. The molecule has 0 saturated carbocycles. The summed E-state index contributed by atoms with van der Waals surface area (Å²) in [5.74, 6) is 0.654. The Morgan fingerprint density at radius 3 is 2.46 bits per heavy atom. The van der Waals surface area contributed by atoms with Gasteiger partial charge in [0, 0.05) is 30.7 Å². The third kappa shape index (κ3) is 8.05. The van der Waals surface area contributed by atoms with Crippen molar-refractivity contribution in [3.63, 3.8) is 0 Å². The fraction of sp³-hybridized carbons (Fsp3) is 0.263. The Balaban J connectivity index is 0.00000338. The van der Waals surface area contributed by atoms with E-state index in [1.165, 1.54) is 6.92 Å². The molecule has 5 nitrogen and oxygen atoms in total. The van der Waals surface area contributed by atoms with Gasteiger partial charge in [-0.15, -0.1) is 24.0 Å². The number of halogens is 2. The number of carbonyl (C=O) groups excluding carboxylic acids is 1. The molecular weight excluding hydrogens is 463 g/mol. The van der Waals surface area contributed by atoms with Gasteiger partial charge in [0.25, 0.3) is 0 Å². The van der Waals surface area contributed by atoms with Gasteiger partial charge >= 0.3 is 0 Å². The minimum atomic E-state index is -0.0846. The highest BCUT2D eigenvalue weighted by Gasteiger charge is 2.01. The molecule has 2 aromatic carbocycles. The maximum Gasteiger partial charge on any atom is 0.221 e. The molecule has 3 N–H and O–H groups in total. The van der Waals surface area contributed by atoms with Crippen LogP contribution in [0.2, 0.25) is 5.02 Å². The van der Waals surface area contributed by atoms with E-state index in [0.29, 0.717) is 13.1 Å². The Morgan fingerprint density at radius 1 is 1.08 bits per heavy atom. The van der Waals surface area contributed by atoms with Crippen molar-refractivity contribution in [2.24, 2.45) is 4.99 Å². The molecular formula is C19H24ClIN4O. The Hall–Kier alpha value is -1.80. The van der Waals surface area contributed by atoms with E-state index in [0.717, 1.165) is 34.3 Å². The zero-order valence-corrected chi connectivity index (χ0v) is 18.0. The van der Waals surface area contributed by atoms with Crippen molar-refractivity contribution >= 4 is 53.1 Å². The van der Waals surface area contributed by atoms with Crippen LogP contribution in [0.5, 0.6) is 0 Å². The Kier molecular flexibility index (Phi) is 10.0. The molecule has 0 radical (unpaired) electrons. The molecule has 2 aromatic rings. The fourth-order valence-electron chi connectivity index (χ4n) is 2.25. The standard InChI is InChI=1S/C19H23ClN4O.HI/c1-3-21-19(22-12-15-7-9-17(20)10-8-15)23-13-16-5-4-6-18(11-16)24-14(2)25;/h4-11H,3,12-13H2,1-2H3,(H,24,25)(H2,21,22,23);1H. The molecule has 140 valence electrons. The lowest BCUT2D eigenvalue weighted by Crippen LogP contribution is -2.36. The van der Waals surface area contributed by atoms with Crippen LogP contribution < -0.4 is 16.0 Å². The number of amides is 1. The predicted octanol–water partition coefficient (Wildman–Crippen LogP) is 4.17. The van der Waals surface area contributed by atoms with Crippen LogP contribution in [-0.2, 0) is 17.9 Å². The molecule has 0 aliphatic rings. The van der Waals surface area contributed by atoms with Gasteiger partial charge in [0.1, 0.15) is 0 Å². The van der Waals surface area contributed by atoms with Crippen molar-refractivity contribution < 1.29 is 4.79 Å². The molecule has 2 rings (SSSR count). The average Bonchev–Trinajstić information content (AvgIpc) is 2.58. The van der Waals surface area contributed by atoms with Gasteiger partial charge < -0.3 is 16.0 Å². The molecule has 0 aliphatic carbocycles. The number of aliphatic imine (C=N–C) groups is 1. The van der Waals surface area contributed by atoms with Crippen LogP contribution in [0.1, 0.15) is 25.0 Å². The van der Waals surface area contributed by atoms with Crippen LogP contribution >= 0.6 is 35.6 Å². The molecule has 0 aliphatic heterocycles. The van der Waals surface area contributed by atoms with Gasteiger partial charge in [0.15, 0.2) is 5.96 Å². The summed E-state index contributed by atoms with van der Waals surface area (Å²) in [6.07, 6.45) is 0. The molecule has 0 aromatic heterocycles. The summed E-state index contributed by atoms with van der Waals surface area (Å²) in [6.45, 7) is 5.47. The first-order valence-corrected chi connectivity index (χ1v) is 8.57. The number of nitrogens with one attached hydrogen (secondary N) is 3. The minimum absolute atomic E-state index is 0. The summed E-state index contributed by atoms with van der Waals surface area (Å²) in [4.78, 5) is 15.7. The number of guanidine groups is 1. The molecule has 0 unspecified atom stereocenters. The summed E-state index contributed by atoms with van der Waals surface area (Å²) >= 11 is 5.90. The van der Waals surface area contributed by atoms with Gasteiger partial charge in [-0.25, -0.2) is 4.99 Å². The van der Waals surface area contributed by atoms with E-state index in [1.807, 2.05) is 55.5 Å². The quantitative estimate of drug-likeness (QED) is 0.326. The van der Waals surface area contributed by atoms with Crippen molar-refractivity contribution in [1.29, 1.82) is 0 Å². The van der Waals surface area contributed by atoms with Gasteiger partial charge in [0.05, 0.1) is 6.54 Å². The summed E-state index contributed by atoms with van der Waals surface area (Å²) in [5, 5.41) is 10.0. The maximum absolute atomic E-state index is 11.1. The number of anilines is 1. The van der Waals surface area contributed by atoms with Crippen LogP contribution in [0.15, 0.2) is 53.5 Å². The van der Waals surface area contributed by atoms with Crippen LogP contribution in [0, 0.1) is 0 Å². The lowest BCUT2D eigenvalue weighted by molar-refractivity contribution is -0.114. The first-order valence-electron chi connectivity index (χ1n) is 8.20. The van der Waals surface area contributed by atoms with E-state index in [2.05, 4.69) is 20.9 Å². The van der Waals surface area contributed by atoms with Crippen LogP contribution in [0.25, 0.3) is 0 Å². The number of hydrogen-bond acceptors (Lipinski definition) is 2. The molecule has 26 heavy (non-hydrogen) atoms. The van der Waals surface area contributed by atoms with E-state index in [-0.39, 0.29) is 29.9 Å². The molecule has 7 heteroatoms. The van der Waals surface area contributed by atoms with Crippen molar-refractivity contribution in [1.82, 2.24) is 10.6 Å². The molecule has 0 atom stereocenters. The zero-order valence-electron chi connectivity index (χ0n) is 14.9. The topological polar surface area (TPSA) is 65.5 Å². The van der Waals surface area contributed by atoms with Gasteiger partial charge in [-0.1, -0.05) is 35.9 Å². The van der Waals surface area contributed by atoms with E-state index in [9.17, 15) is 4.79 Å². The Bertz CT molecular complexity index is 735. The lowest BCUT2D eigenvalue weighted by atomic mass is 10.2. The summed E-state index contributed by atoms with van der Waals surface area (Å²) in [5.41, 5.74) is 2.93. The third-order valence-corrected chi connectivity index (χ3v) is 3.64. The second-order valence-electron chi connectivity index (χ2n) is 5.56. The average molecular weight is 487 g/mol. The van der Waals surface area contributed by atoms with Crippen LogP contribution in [0.4, 0.5) is 5.69 Å². The molecule has 1 amide bonds. The highest BCUT2D eigenvalue weighted by Crippen LogP contribution is 2.12. The van der Waals surface area contributed by atoms with E-state index < -0.39 is 0 Å². The smallest absolute Gasteiger partial charge is 0.221 e. The van der Waals surface area contributed by atoms with Gasteiger partial charge in [-0.2, -0.15) is 0 Å². The number of hydrogen-bond donors (Lipinski definition) is 3. The van der Waals surface area contributed by atoms with Crippen molar-refractivity contribution in [3.05, 3.63) is 64.7 Å². The summed E-state index contributed by atoms with van der Waals surface area (Å²) in [7, 11) is 0.